The first-order valence-electron chi connectivity index (χ1n) is 5.76. The number of carbonyl (C=O) groups excluding carboxylic acids is 1. The van der Waals surface area contributed by atoms with E-state index in [4.69, 9.17) is 18.9 Å². The normalized spacial score (nSPS) is 46.9. The highest BCUT2D eigenvalue weighted by Crippen LogP contribution is 2.44. The molecule has 0 spiro atoms. The van der Waals surface area contributed by atoms with Crippen LogP contribution in [0.15, 0.2) is 0 Å². The minimum Gasteiger partial charge on any atom is -0.371 e. The molecule has 3 saturated heterocycles. The average molecular weight is 260 g/mol. The fraction of sp³-hybridized carbons (Fsp3) is 0.909. The lowest BCUT2D eigenvalue weighted by Gasteiger charge is -2.22. The van der Waals surface area contributed by atoms with Gasteiger partial charge in [-0.05, 0) is 13.8 Å². The predicted octanol–water partition coefficient (Wildman–Crippen LogP) is 0.910. The van der Waals surface area contributed by atoms with Crippen LogP contribution in [0.2, 0.25) is 0 Å². The summed E-state index contributed by atoms with van der Waals surface area (Å²) in [5.41, 5.74) is 0. The molecule has 3 aliphatic heterocycles. The van der Waals surface area contributed by atoms with Crippen molar-refractivity contribution in [2.45, 2.75) is 56.4 Å². The lowest BCUT2D eigenvalue weighted by molar-refractivity contribution is -0.208. The number of hydrogen-bond donors (Lipinski definition) is 0. The van der Waals surface area contributed by atoms with Gasteiger partial charge >= 0.3 is 0 Å². The van der Waals surface area contributed by atoms with Crippen LogP contribution >= 0.6 is 11.8 Å². The zero-order valence-electron chi connectivity index (χ0n) is 10.0. The number of carbonyl (C=O) groups is 1. The van der Waals surface area contributed by atoms with Crippen molar-refractivity contribution in [2.75, 3.05) is 6.61 Å². The Bertz CT molecular complexity index is 345. The zero-order valence-corrected chi connectivity index (χ0v) is 10.9. The van der Waals surface area contributed by atoms with Gasteiger partial charge < -0.3 is 18.9 Å². The first kappa shape index (κ1) is 11.9. The van der Waals surface area contributed by atoms with Gasteiger partial charge in [0.05, 0.1) is 11.9 Å². The molecular formula is C11H16O5S. The molecule has 0 aromatic carbocycles. The number of thioether (sulfide) groups is 1. The number of fused-ring (bicyclic) bond motifs is 3. The fourth-order valence-corrected chi connectivity index (χ4v) is 3.53. The Kier molecular flexibility index (Phi) is 2.75. The zero-order chi connectivity index (χ0) is 12.2. The standard InChI is InChI=1S/C11H16O5S/c1-5(12)17-6-4-13-8-7(6)14-10-9(8)15-11(2,3)16-10/h6-10H,4H2,1-3H3/t6-,7-,8+,9-,10-/m1/s1. The Hall–Kier alpha value is -0.140. The molecule has 0 unspecified atom stereocenters. The van der Waals surface area contributed by atoms with Crippen LogP contribution in [0.3, 0.4) is 0 Å². The minimum atomic E-state index is -0.616. The maximum absolute atomic E-state index is 11.1. The molecule has 0 aliphatic carbocycles. The smallest absolute Gasteiger partial charge is 0.190 e. The van der Waals surface area contributed by atoms with Gasteiger partial charge in [-0.2, -0.15) is 0 Å². The van der Waals surface area contributed by atoms with Gasteiger partial charge in [-0.1, -0.05) is 11.8 Å². The Morgan fingerprint density at radius 2 is 2.00 bits per heavy atom. The molecule has 3 rings (SSSR count). The van der Waals surface area contributed by atoms with E-state index in [1.54, 1.807) is 6.92 Å². The summed E-state index contributed by atoms with van der Waals surface area (Å²) in [6.07, 6.45) is -0.753. The van der Waals surface area contributed by atoms with Crippen molar-refractivity contribution >= 4 is 16.9 Å². The second-order valence-electron chi connectivity index (χ2n) is 5.02. The van der Waals surface area contributed by atoms with E-state index in [2.05, 4.69) is 0 Å². The van der Waals surface area contributed by atoms with E-state index in [0.717, 1.165) is 0 Å². The van der Waals surface area contributed by atoms with Crippen molar-refractivity contribution in [3.05, 3.63) is 0 Å². The van der Waals surface area contributed by atoms with Crippen LogP contribution in [0.25, 0.3) is 0 Å². The monoisotopic (exact) mass is 260 g/mol. The van der Waals surface area contributed by atoms with Gasteiger partial charge in [0.2, 0.25) is 0 Å². The second-order valence-corrected chi connectivity index (χ2v) is 6.43. The summed E-state index contributed by atoms with van der Waals surface area (Å²) in [5, 5.41) is 0.139. The van der Waals surface area contributed by atoms with Crippen molar-refractivity contribution in [1.29, 1.82) is 0 Å². The Morgan fingerprint density at radius 3 is 2.71 bits per heavy atom. The second kappa shape index (κ2) is 3.93. The third-order valence-electron chi connectivity index (χ3n) is 3.16. The van der Waals surface area contributed by atoms with E-state index in [1.165, 1.54) is 11.8 Å². The van der Waals surface area contributed by atoms with E-state index < -0.39 is 5.79 Å². The maximum atomic E-state index is 11.1. The summed E-state index contributed by atoms with van der Waals surface area (Å²) in [4.78, 5) is 11.1. The molecule has 0 aromatic rings. The molecule has 3 fully saturated rings. The molecule has 0 bridgehead atoms. The summed E-state index contributed by atoms with van der Waals surface area (Å²) in [5.74, 6) is -0.616. The van der Waals surface area contributed by atoms with E-state index in [9.17, 15) is 4.79 Å². The average Bonchev–Trinajstić information content (AvgIpc) is 2.76. The molecule has 5 atom stereocenters. The van der Waals surface area contributed by atoms with Gasteiger partial charge in [0.15, 0.2) is 17.2 Å². The number of hydrogen-bond acceptors (Lipinski definition) is 6. The van der Waals surface area contributed by atoms with Gasteiger partial charge in [-0.3, -0.25) is 4.79 Å². The Labute approximate surface area is 104 Å². The molecular weight excluding hydrogens is 244 g/mol. The van der Waals surface area contributed by atoms with Gasteiger partial charge in [0.1, 0.15) is 18.3 Å². The summed E-state index contributed by atoms with van der Waals surface area (Å²) >= 11 is 1.28. The highest BCUT2D eigenvalue weighted by Gasteiger charge is 2.59. The van der Waals surface area contributed by atoms with Crippen LogP contribution in [-0.2, 0) is 23.7 Å². The molecule has 0 amide bonds. The van der Waals surface area contributed by atoms with E-state index in [-0.39, 0.29) is 35.0 Å². The van der Waals surface area contributed by atoms with Crippen LogP contribution in [0, 0.1) is 0 Å². The Balaban J connectivity index is 1.71. The third-order valence-corrected chi connectivity index (χ3v) is 4.20. The fourth-order valence-electron chi connectivity index (χ4n) is 2.61. The molecule has 17 heavy (non-hydrogen) atoms. The van der Waals surface area contributed by atoms with Crippen LogP contribution in [0.1, 0.15) is 20.8 Å². The van der Waals surface area contributed by atoms with Crippen LogP contribution in [0.4, 0.5) is 0 Å². The van der Waals surface area contributed by atoms with Gasteiger partial charge in [-0.25, -0.2) is 0 Å². The highest BCUT2D eigenvalue weighted by atomic mass is 32.2. The number of rotatable bonds is 1. The topological polar surface area (TPSA) is 54.0 Å². The summed E-state index contributed by atoms with van der Waals surface area (Å²) in [6.45, 7) is 5.82. The van der Waals surface area contributed by atoms with Gasteiger partial charge in [-0.15, -0.1) is 0 Å². The minimum absolute atomic E-state index is 0.0541. The maximum Gasteiger partial charge on any atom is 0.190 e. The van der Waals surface area contributed by atoms with Crippen molar-refractivity contribution in [2.24, 2.45) is 0 Å². The van der Waals surface area contributed by atoms with Crippen molar-refractivity contribution in [3.8, 4) is 0 Å². The molecule has 3 heterocycles. The van der Waals surface area contributed by atoms with E-state index in [0.29, 0.717) is 6.61 Å². The lowest BCUT2D eigenvalue weighted by Crippen LogP contribution is -2.34. The first-order valence-corrected chi connectivity index (χ1v) is 6.64. The largest absolute Gasteiger partial charge is 0.371 e. The van der Waals surface area contributed by atoms with Crippen molar-refractivity contribution in [3.63, 3.8) is 0 Å². The third kappa shape index (κ3) is 2.02. The summed E-state index contributed by atoms with van der Waals surface area (Å²) < 4.78 is 22.9. The molecule has 0 saturated carbocycles. The lowest BCUT2D eigenvalue weighted by atomic mass is 10.1. The molecule has 0 radical (unpaired) electrons. The van der Waals surface area contributed by atoms with Crippen LogP contribution < -0.4 is 0 Å². The molecule has 5 nitrogen and oxygen atoms in total. The molecule has 6 heteroatoms. The van der Waals surface area contributed by atoms with Gasteiger partial charge in [0, 0.05) is 6.92 Å². The molecule has 0 aromatic heterocycles. The molecule has 3 aliphatic rings. The van der Waals surface area contributed by atoms with Crippen molar-refractivity contribution < 1.29 is 23.7 Å². The predicted molar refractivity (Wildman–Crippen MR) is 60.5 cm³/mol. The Morgan fingerprint density at radius 1 is 1.24 bits per heavy atom. The van der Waals surface area contributed by atoms with E-state index in [1.807, 2.05) is 13.8 Å². The molecule has 96 valence electrons. The van der Waals surface area contributed by atoms with Gasteiger partial charge in [0.25, 0.3) is 0 Å². The summed E-state index contributed by atoms with van der Waals surface area (Å²) in [7, 11) is 0. The SMILES string of the molecule is CC(=O)S[C@@H]1CO[C@@H]2[C@H]3OC(C)(C)O[C@H]3O[C@@H]21. The quantitative estimate of drug-likeness (QED) is 0.698. The van der Waals surface area contributed by atoms with Crippen molar-refractivity contribution in [1.82, 2.24) is 0 Å². The molecule has 0 N–H and O–H groups in total. The highest BCUT2D eigenvalue weighted by molar-refractivity contribution is 8.14. The van der Waals surface area contributed by atoms with Crippen LogP contribution in [-0.4, -0.2) is 47.4 Å². The first-order chi connectivity index (χ1) is 7.96. The number of ether oxygens (including phenoxy) is 4. The summed E-state index contributed by atoms with van der Waals surface area (Å²) in [6, 6.07) is 0. The van der Waals surface area contributed by atoms with Crippen LogP contribution in [0.5, 0.6) is 0 Å². The van der Waals surface area contributed by atoms with E-state index >= 15 is 0 Å².